The van der Waals surface area contributed by atoms with Crippen LogP contribution in [-0.4, -0.2) is 53.1 Å². The van der Waals surface area contributed by atoms with Gasteiger partial charge < -0.3 is 20.1 Å². The zero-order valence-corrected chi connectivity index (χ0v) is 13.0. The van der Waals surface area contributed by atoms with Gasteiger partial charge in [0.1, 0.15) is 5.82 Å². The van der Waals surface area contributed by atoms with E-state index >= 15 is 0 Å². The number of benzene rings is 1. The van der Waals surface area contributed by atoms with Gasteiger partial charge in [0.2, 0.25) is 0 Å². The Morgan fingerprint density at radius 2 is 1.91 bits per heavy atom. The first-order chi connectivity index (χ1) is 11.2. The van der Waals surface area contributed by atoms with Gasteiger partial charge in [-0.2, -0.15) is 0 Å². The Balaban J connectivity index is 1.48. The molecule has 0 atom stereocenters. The molecular formula is C16H21FN6. The predicted octanol–water partition coefficient (Wildman–Crippen LogP) is 1.16. The number of aromatic nitrogens is 2. The van der Waals surface area contributed by atoms with Gasteiger partial charge in [-0.25, -0.2) is 9.37 Å². The van der Waals surface area contributed by atoms with Gasteiger partial charge in [-0.05, 0) is 24.3 Å². The van der Waals surface area contributed by atoms with E-state index in [4.69, 9.17) is 5.73 Å². The first kappa shape index (κ1) is 15.3. The molecule has 0 bridgehead atoms. The number of rotatable bonds is 4. The average Bonchev–Trinajstić information content (AvgIpc) is 3.09. The van der Waals surface area contributed by atoms with Crippen molar-refractivity contribution < 1.29 is 4.39 Å². The maximum atomic E-state index is 13.0. The van der Waals surface area contributed by atoms with E-state index in [9.17, 15) is 4.39 Å². The second-order valence-corrected chi connectivity index (χ2v) is 5.49. The fraction of sp³-hybridized carbons (Fsp3) is 0.375. The molecule has 1 aromatic heterocycles. The predicted molar refractivity (Wildman–Crippen MR) is 88.9 cm³/mol. The summed E-state index contributed by atoms with van der Waals surface area (Å²) in [5, 5.41) is 0. The van der Waals surface area contributed by atoms with E-state index in [0.717, 1.165) is 38.4 Å². The van der Waals surface area contributed by atoms with Crippen molar-refractivity contribution >= 4 is 11.6 Å². The molecule has 1 aromatic carbocycles. The molecule has 23 heavy (non-hydrogen) atoms. The molecule has 0 unspecified atom stereocenters. The van der Waals surface area contributed by atoms with Crippen LogP contribution in [0.2, 0.25) is 0 Å². The molecule has 2 aromatic rings. The Labute approximate surface area is 135 Å². The van der Waals surface area contributed by atoms with Gasteiger partial charge in [0.15, 0.2) is 5.96 Å². The second kappa shape index (κ2) is 7.13. The molecule has 122 valence electrons. The van der Waals surface area contributed by atoms with Crippen LogP contribution in [0.5, 0.6) is 0 Å². The normalized spacial score (nSPS) is 16.0. The lowest BCUT2D eigenvalue weighted by Crippen LogP contribution is -2.51. The zero-order valence-electron chi connectivity index (χ0n) is 13.0. The summed E-state index contributed by atoms with van der Waals surface area (Å²) in [4.78, 5) is 12.8. The quantitative estimate of drug-likeness (QED) is 0.679. The Hall–Kier alpha value is -2.57. The van der Waals surface area contributed by atoms with E-state index in [0.29, 0.717) is 12.5 Å². The third-order valence-corrected chi connectivity index (χ3v) is 3.99. The second-order valence-electron chi connectivity index (χ2n) is 5.49. The topological polar surface area (TPSA) is 62.7 Å². The minimum Gasteiger partial charge on any atom is -0.370 e. The van der Waals surface area contributed by atoms with Crippen LogP contribution in [0.1, 0.15) is 0 Å². The molecule has 0 aliphatic carbocycles. The van der Waals surface area contributed by atoms with E-state index < -0.39 is 0 Å². The molecule has 3 rings (SSSR count). The molecule has 1 aliphatic heterocycles. The number of nitrogens with two attached hydrogens (primary N) is 1. The molecule has 1 fully saturated rings. The van der Waals surface area contributed by atoms with Gasteiger partial charge in [0, 0.05) is 50.8 Å². The third-order valence-electron chi connectivity index (χ3n) is 3.99. The summed E-state index contributed by atoms with van der Waals surface area (Å²) < 4.78 is 15.0. The number of hydrogen-bond acceptors (Lipinski definition) is 3. The minimum absolute atomic E-state index is 0.207. The molecular weight excluding hydrogens is 295 g/mol. The zero-order chi connectivity index (χ0) is 16.1. The van der Waals surface area contributed by atoms with Crippen molar-refractivity contribution in [3.8, 4) is 0 Å². The molecule has 1 saturated heterocycles. The first-order valence-corrected chi connectivity index (χ1v) is 7.73. The molecule has 0 spiro atoms. The summed E-state index contributed by atoms with van der Waals surface area (Å²) in [5.74, 6) is 0.380. The van der Waals surface area contributed by atoms with Crippen molar-refractivity contribution in [1.29, 1.82) is 0 Å². The molecule has 2 heterocycles. The summed E-state index contributed by atoms with van der Waals surface area (Å²) in [6, 6.07) is 6.61. The number of guanidine groups is 1. The van der Waals surface area contributed by atoms with E-state index in [1.165, 1.54) is 12.1 Å². The number of aliphatic imine (C=N–C) groups is 1. The van der Waals surface area contributed by atoms with Crippen LogP contribution in [0.4, 0.5) is 10.1 Å². The minimum atomic E-state index is -0.207. The highest BCUT2D eigenvalue weighted by Crippen LogP contribution is 2.16. The van der Waals surface area contributed by atoms with Crippen molar-refractivity contribution in [3.05, 3.63) is 48.8 Å². The van der Waals surface area contributed by atoms with Crippen LogP contribution < -0.4 is 10.6 Å². The summed E-state index contributed by atoms with van der Waals surface area (Å²) in [6.45, 7) is 4.75. The van der Waals surface area contributed by atoms with Crippen LogP contribution in [0, 0.1) is 5.82 Å². The van der Waals surface area contributed by atoms with Crippen LogP contribution in [0.25, 0.3) is 0 Å². The molecule has 1 aliphatic rings. The Morgan fingerprint density at radius 1 is 1.17 bits per heavy atom. The standard InChI is InChI=1S/C16H21FN6/c17-14-1-3-15(4-2-14)22-9-11-23(12-10-22)16(18)20-6-8-21-7-5-19-13-21/h1-5,7,13H,6,8-12H2,(H2,18,20). The number of piperazine rings is 1. The fourth-order valence-corrected chi connectivity index (χ4v) is 2.64. The van der Waals surface area contributed by atoms with Gasteiger partial charge in [-0.3, -0.25) is 4.99 Å². The maximum absolute atomic E-state index is 13.0. The molecule has 0 radical (unpaired) electrons. The number of hydrogen-bond donors (Lipinski definition) is 1. The van der Waals surface area contributed by atoms with E-state index in [-0.39, 0.29) is 5.82 Å². The van der Waals surface area contributed by atoms with Crippen LogP contribution in [0.15, 0.2) is 48.0 Å². The lowest BCUT2D eigenvalue weighted by atomic mass is 10.2. The highest BCUT2D eigenvalue weighted by atomic mass is 19.1. The monoisotopic (exact) mass is 316 g/mol. The third kappa shape index (κ3) is 4.00. The smallest absolute Gasteiger partial charge is 0.191 e. The van der Waals surface area contributed by atoms with Crippen LogP contribution in [0.3, 0.4) is 0 Å². The highest BCUT2D eigenvalue weighted by Gasteiger charge is 2.18. The fourth-order valence-electron chi connectivity index (χ4n) is 2.64. The Morgan fingerprint density at radius 3 is 2.57 bits per heavy atom. The molecule has 2 N–H and O–H groups in total. The summed E-state index contributed by atoms with van der Waals surface area (Å²) >= 11 is 0. The van der Waals surface area contributed by atoms with E-state index in [1.807, 2.05) is 22.9 Å². The van der Waals surface area contributed by atoms with Crippen LogP contribution in [-0.2, 0) is 6.54 Å². The van der Waals surface area contributed by atoms with Gasteiger partial charge in [0.25, 0.3) is 0 Å². The van der Waals surface area contributed by atoms with Crippen molar-refractivity contribution in [2.75, 3.05) is 37.6 Å². The lowest BCUT2D eigenvalue weighted by molar-refractivity contribution is 0.380. The SMILES string of the molecule is NC(=NCCn1ccnc1)N1CCN(c2ccc(F)cc2)CC1. The Bertz CT molecular complexity index is 629. The van der Waals surface area contributed by atoms with Crippen molar-refractivity contribution in [1.82, 2.24) is 14.5 Å². The summed E-state index contributed by atoms with van der Waals surface area (Å²) in [6.07, 6.45) is 5.43. The summed E-state index contributed by atoms with van der Waals surface area (Å²) in [7, 11) is 0. The average molecular weight is 316 g/mol. The Kier molecular flexibility index (Phi) is 4.75. The van der Waals surface area contributed by atoms with Crippen LogP contribution >= 0.6 is 0 Å². The summed E-state index contributed by atoms with van der Waals surface area (Å²) in [5.41, 5.74) is 7.12. The van der Waals surface area contributed by atoms with Crippen molar-refractivity contribution in [3.63, 3.8) is 0 Å². The number of imidazole rings is 1. The molecule has 7 heteroatoms. The lowest BCUT2D eigenvalue weighted by Gasteiger charge is -2.36. The molecule has 0 saturated carbocycles. The van der Waals surface area contributed by atoms with Gasteiger partial charge in [-0.15, -0.1) is 0 Å². The van der Waals surface area contributed by atoms with Gasteiger partial charge in [-0.1, -0.05) is 0 Å². The van der Waals surface area contributed by atoms with Crippen molar-refractivity contribution in [2.24, 2.45) is 10.7 Å². The maximum Gasteiger partial charge on any atom is 0.191 e. The number of nitrogens with zero attached hydrogens (tertiary/aromatic N) is 5. The molecule has 6 nitrogen and oxygen atoms in total. The largest absolute Gasteiger partial charge is 0.370 e. The van der Waals surface area contributed by atoms with E-state index in [2.05, 4.69) is 19.8 Å². The first-order valence-electron chi connectivity index (χ1n) is 7.73. The van der Waals surface area contributed by atoms with Gasteiger partial charge >= 0.3 is 0 Å². The number of halogens is 1. The van der Waals surface area contributed by atoms with Gasteiger partial charge in [0.05, 0.1) is 12.9 Å². The van der Waals surface area contributed by atoms with E-state index in [1.54, 1.807) is 12.5 Å². The molecule has 0 amide bonds. The number of anilines is 1. The van der Waals surface area contributed by atoms with Crippen molar-refractivity contribution in [2.45, 2.75) is 6.54 Å². The highest BCUT2D eigenvalue weighted by molar-refractivity contribution is 5.78.